The average molecular weight is 576 g/mol. The van der Waals surface area contributed by atoms with E-state index in [0.717, 1.165) is 11.1 Å². The third kappa shape index (κ3) is 5.12. The number of halogens is 3. The fraction of sp³-hybridized carbons (Fsp3) is 0.448. The Labute approximate surface area is 231 Å². The van der Waals surface area contributed by atoms with Crippen molar-refractivity contribution in [3.05, 3.63) is 59.0 Å². The normalized spacial score (nSPS) is 27.9. The average Bonchev–Trinajstić information content (AvgIpc) is 3.23. The first kappa shape index (κ1) is 26.9. The van der Waals surface area contributed by atoms with Gasteiger partial charge in [0.05, 0.1) is 5.60 Å². The molecule has 1 unspecified atom stereocenters. The molecule has 7 nitrogen and oxygen atoms in total. The lowest BCUT2D eigenvalue weighted by Crippen LogP contribution is -2.64. The smallest absolute Gasteiger partial charge is 0.487 e. The van der Waals surface area contributed by atoms with E-state index in [1.807, 2.05) is 12.1 Å². The number of carbonyl (C=O) groups excluding carboxylic acids is 1. The van der Waals surface area contributed by atoms with Gasteiger partial charge in [0.1, 0.15) is 23.3 Å². The number of thiophene rings is 1. The molecule has 4 aliphatic rings. The van der Waals surface area contributed by atoms with Crippen molar-refractivity contribution in [2.75, 3.05) is 0 Å². The Balaban J connectivity index is 1.25. The summed E-state index contributed by atoms with van der Waals surface area (Å²) in [7, 11) is 0. The van der Waals surface area contributed by atoms with Gasteiger partial charge < -0.3 is 25.0 Å². The Morgan fingerprint density at radius 2 is 1.73 bits per heavy atom. The van der Waals surface area contributed by atoms with E-state index in [9.17, 15) is 33.0 Å². The Morgan fingerprint density at radius 3 is 2.35 bits per heavy atom. The standard InChI is InChI=1S/C29H28F3NO6S/c30-29(31,32)39-19-7-5-16(6-8-19)14-38-22-20-3-1-2-4-21(20)40-23(22)25(34)33-24(26(35)36)27-10-17-9-18(11-27)13-28(37,12-17)15-27/h1-8,17-18,24,37H,9-15H2,(H,33,34)(H,35,36)/t17-,18+,24-,27?,28-/m1/s1. The predicted octanol–water partition coefficient (Wildman–Crippen LogP) is 5.89. The summed E-state index contributed by atoms with van der Waals surface area (Å²) in [6.07, 6.45) is -0.764. The molecule has 1 heterocycles. The first-order valence-corrected chi connectivity index (χ1v) is 14.0. The maximum atomic E-state index is 13.7. The number of aliphatic carboxylic acids is 1. The molecule has 3 aromatic rings. The Kier molecular flexibility index (Phi) is 6.49. The summed E-state index contributed by atoms with van der Waals surface area (Å²) in [6, 6.07) is 11.3. The van der Waals surface area contributed by atoms with Gasteiger partial charge in [0, 0.05) is 15.5 Å². The highest BCUT2D eigenvalue weighted by Gasteiger charge is 2.61. The molecular weight excluding hydrogens is 547 g/mol. The second-order valence-electron chi connectivity index (χ2n) is 11.5. The van der Waals surface area contributed by atoms with Crippen molar-refractivity contribution < 1.29 is 42.4 Å². The van der Waals surface area contributed by atoms with Gasteiger partial charge in [-0.3, -0.25) is 4.79 Å². The van der Waals surface area contributed by atoms with Crippen molar-refractivity contribution in [1.82, 2.24) is 5.32 Å². The van der Waals surface area contributed by atoms with Crippen molar-refractivity contribution in [1.29, 1.82) is 0 Å². The van der Waals surface area contributed by atoms with Crippen molar-refractivity contribution in [2.45, 2.75) is 63.1 Å². The minimum Gasteiger partial charge on any atom is -0.487 e. The molecule has 7 rings (SSSR count). The SMILES string of the molecule is O=C(N[C@H](C(=O)O)C12C[C@H]3C[C@@H](C1)C[C@](O)(C3)C2)c1sc2ccccc2c1OCc1ccc(OC(F)(F)F)cc1. The summed E-state index contributed by atoms with van der Waals surface area (Å²) >= 11 is 1.18. The number of amides is 1. The highest BCUT2D eigenvalue weighted by molar-refractivity contribution is 7.21. The summed E-state index contributed by atoms with van der Waals surface area (Å²) in [5, 5.41) is 24.9. The number of ether oxygens (including phenoxy) is 2. The summed E-state index contributed by atoms with van der Waals surface area (Å²) in [6.45, 7) is -0.0318. The molecule has 2 aromatic carbocycles. The Hall–Kier alpha value is -3.31. The number of carbonyl (C=O) groups is 2. The molecule has 5 atom stereocenters. The molecule has 4 aliphatic carbocycles. The summed E-state index contributed by atoms with van der Waals surface area (Å²) in [5.74, 6) is -1.26. The van der Waals surface area contributed by atoms with E-state index in [1.165, 1.54) is 35.6 Å². The van der Waals surface area contributed by atoms with E-state index in [4.69, 9.17) is 4.74 Å². The first-order valence-electron chi connectivity index (χ1n) is 13.2. The maximum Gasteiger partial charge on any atom is 0.573 e. The van der Waals surface area contributed by atoms with E-state index < -0.39 is 35.3 Å². The number of hydrogen-bond acceptors (Lipinski definition) is 6. The number of carboxylic acids is 1. The number of aliphatic hydroxyl groups is 1. The molecule has 1 amide bonds. The van der Waals surface area contributed by atoms with Crippen molar-refractivity contribution in [3.8, 4) is 11.5 Å². The number of hydrogen-bond donors (Lipinski definition) is 3. The van der Waals surface area contributed by atoms with Crippen LogP contribution in [0.1, 0.15) is 53.8 Å². The lowest BCUT2D eigenvalue weighted by atomic mass is 9.46. The fourth-order valence-corrected chi connectivity index (χ4v) is 8.60. The molecule has 212 valence electrons. The van der Waals surface area contributed by atoms with Gasteiger partial charge in [0.15, 0.2) is 5.75 Å². The molecule has 11 heteroatoms. The van der Waals surface area contributed by atoms with Gasteiger partial charge in [0.25, 0.3) is 5.91 Å². The van der Waals surface area contributed by atoms with Crippen LogP contribution in [0, 0.1) is 17.3 Å². The van der Waals surface area contributed by atoms with Gasteiger partial charge >= 0.3 is 12.3 Å². The van der Waals surface area contributed by atoms with Gasteiger partial charge in [-0.15, -0.1) is 24.5 Å². The van der Waals surface area contributed by atoms with Crippen LogP contribution in [0.3, 0.4) is 0 Å². The molecule has 0 aliphatic heterocycles. The van der Waals surface area contributed by atoms with Gasteiger partial charge in [-0.2, -0.15) is 0 Å². The molecule has 3 N–H and O–H groups in total. The summed E-state index contributed by atoms with van der Waals surface area (Å²) in [5.41, 5.74) is -1.03. The van der Waals surface area contributed by atoms with E-state index in [0.29, 0.717) is 43.1 Å². The van der Waals surface area contributed by atoms with Crippen LogP contribution in [0.25, 0.3) is 10.1 Å². The maximum absolute atomic E-state index is 13.7. The van der Waals surface area contributed by atoms with Gasteiger partial charge in [0.2, 0.25) is 0 Å². The van der Waals surface area contributed by atoms with Crippen LogP contribution >= 0.6 is 11.3 Å². The van der Waals surface area contributed by atoms with Crippen molar-refractivity contribution in [2.24, 2.45) is 17.3 Å². The second-order valence-corrected chi connectivity index (χ2v) is 12.6. The van der Waals surface area contributed by atoms with Crippen LogP contribution in [0.5, 0.6) is 11.5 Å². The number of fused-ring (bicyclic) bond motifs is 1. The number of carboxylic acid groups (broad SMARTS) is 1. The molecule has 4 bridgehead atoms. The molecule has 40 heavy (non-hydrogen) atoms. The Bertz CT molecular complexity index is 1440. The topological polar surface area (TPSA) is 105 Å². The third-order valence-electron chi connectivity index (χ3n) is 8.51. The van der Waals surface area contributed by atoms with Crippen molar-refractivity contribution >= 4 is 33.3 Å². The van der Waals surface area contributed by atoms with E-state index >= 15 is 0 Å². The van der Waals surface area contributed by atoms with E-state index in [-0.39, 0.29) is 34.8 Å². The second kappa shape index (κ2) is 9.66. The van der Waals surface area contributed by atoms with E-state index in [1.54, 1.807) is 12.1 Å². The fourth-order valence-electron chi connectivity index (χ4n) is 7.55. The molecular formula is C29H28F3NO6S. The monoisotopic (exact) mass is 575 g/mol. The number of rotatable bonds is 8. The quantitative estimate of drug-likeness (QED) is 0.309. The molecule has 0 spiro atoms. The largest absolute Gasteiger partial charge is 0.573 e. The molecule has 4 saturated carbocycles. The molecule has 4 fully saturated rings. The predicted molar refractivity (Wildman–Crippen MR) is 140 cm³/mol. The van der Waals surface area contributed by atoms with Crippen LogP contribution in [0.4, 0.5) is 13.2 Å². The van der Waals surface area contributed by atoms with Crippen LogP contribution in [0.15, 0.2) is 48.5 Å². The van der Waals surface area contributed by atoms with Crippen LogP contribution in [0.2, 0.25) is 0 Å². The van der Waals surface area contributed by atoms with Crippen molar-refractivity contribution in [3.63, 3.8) is 0 Å². The minimum absolute atomic E-state index is 0.0318. The Morgan fingerprint density at radius 1 is 1.05 bits per heavy atom. The first-order chi connectivity index (χ1) is 18.9. The number of nitrogens with one attached hydrogen (secondary N) is 1. The van der Waals surface area contributed by atoms with E-state index in [2.05, 4.69) is 10.1 Å². The van der Waals surface area contributed by atoms with Gasteiger partial charge in [-0.1, -0.05) is 24.3 Å². The number of alkyl halides is 3. The van der Waals surface area contributed by atoms with Gasteiger partial charge in [-0.05, 0) is 80.2 Å². The van der Waals surface area contributed by atoms with Crippen LogP contribution in [-0.2, 0) is 11.4 Å². The molecule has 1 aromatic heterocycles. The zero-order chi connectivity index (χ0) is 28.3. The third-order valence-corrected chi connectivity index (χ3v) is 9.66. The van der Waals surface area contributed by atoms with Crippen LogP contribution < -0.4 is 14.8 Å². The summed E-state index contributed by atoms with van der Waals surface area (Å²) in [4.78, 5) is 26.5. The zero-order valence-corrected chi connectivity index (χ0v) is 22.2. The highest BCUT2D eigenvalue weighted by Crippen LogP contribution is 2.63. The lowest BCUT2D eigenvalue weighted by Gasteiger charge is -2.61. The van der Waals surface area contributed by atoms with Crippen LogP contribution in [-0.4, -0.2) is 40.1 Å². The zero-order valence-electron chi connectivity index (χ0n) is 21.4. The lowest BCUT2D eigenvalue weighted by molar-refractivity contribution is -0.274. The molecule has 0 radical (unpaired) electrons. The van der Waals surface area contributed by atoms with Gasteiger partial charge in [-0.25, -0.2) is 4.79 Å². The minimum atomic E-state index is -4.79. The molecule has 0 saturated heterocycles. The number of benzene rings is 2. The highest BCUT2D eigenvalue weighted by atomic mass is 32.1. The summed E-state index contributed by atoms with van der Waals surface area (Å²) < 4.78 is 48.2.